The second-order valence-electron chi connectivity index (χ2n) is 4.26. The fourth-order valence-electron chi connectivity index (χ4n) is 1.85. The van der Waals surface area contributed by atoms with Crippen LogP contribution in [0.4, 0.5) is 0 Å². The van der Waals surface area contributed by atoms with E-state index in [9.17, 15) is 9.59 Å². The first-order valence-corrected chi connectivity index (χ1v) is 6.06. The monoisotopic (exact) mass is 277 g/mol. The van der Waals surface area contributed by atoms with Crippen molar-refractivity contribution in [3.05, 3.63) is 30.0 Å². The number of amides is 1. The molecule has 106 valence electrons. The molecule has 0 radical (unpaired) electrons. The molecule has 2 aromatic rings. The molecule has 1 unspecified atom stereocenters. The van der Waals surface area contributed by atoms with Crippen LogP contribution in [0.1, 0.15) is 5.69 Å². The largest absolute Gasteiger partial charge is 0.479 e. The number of fused-ring (bicyclic) bond motifs is 1. The van der Waals surface area contributed by atoms with Crippen LogP contribution in [0, 0.1) is 0 Å². The average Bonchev–Trinajstić information content (AvgIpc) is 2.82. The number of methoxy groups -OCH3 is 1. The Morgan fingerprint density at radius 3 is 2.90 bits per heavy atom. The van der Waals surface area contributed by atoms with E-state index in [2.05, 4.69) is 15.5 Å². The number of aromatic nitrogens is 2. The van der Waals surface area contributed by atoms with Gasteiger partial charge in [-0.25, -0.2) is 4.79 Å². The van der Waals surface area contributed by atoms with Gasteiger partial charge in [0.05, 0.1) is 24.2 Å². The highest BCUT2D eigenvalue weighted by atomic mass is 16.5. The number of benzene rings is 1. The Kier molecular flexibility index (Phi) is 4.31. The summed E-state index contributed by atoms with van der Waals surface area (Å²) in [5.74, 6) is -1.40. The summed E-state index contributed by atoms with van der Waals surface area (Å²) >= 11 is 0. The van der Waals surface area contributed by atoms with Gasteiger partial charge < -0.3 is 15.2 Å². The smallest absolute Gasteiger partial charge is 0.334 e. The molecule has 7 nitrogen and oxygen atoms in total. The zero-order valence-corrected chi connectivity index (χ0v) is 10.9. The van der Waals surface area contributed by atoms with Crippen LogP contribution in [0.2, 0.25) is 0 Å². The number of aliphatic carboxylic acids is 1. The zero-order valence-electron chi connectivity index (χ0n) is 10.9. The molecule has 0 aliphatic heterocycles. The Bertz CT molecular complexity index is 623. The predicted molar refractivity (Wildman–Crippen MR) is 71.2 cm³/mol. The maximum atomic E-state index is 11.8. The molecule has 1 heterocycles. The molecular weight excluding hydrogens is 262 g/mol. The van der Waals surface area contributed by atoms with E-state index in [1.165, 1.54) is 7.11 Å². The van der Waals surface area contributed by atoms with Gasteiger partial charge >= 0.3 is 5.97 Å². The highest BCUT2D eigenvalue weighted by molar-refractivity contribution is 5.87. The number of hydrogen-bond acceptors (Lipinski definition) is 4. The van der Waals surface area contributed by atoms with Crippen molar-refractivity contribution in [2.24, 2.45) is 0 Å². The van der Waals surface area contributed by atoms with Crippen molar-refractivity contribution in [2.75, 3.05) is 13.7 Å². The maximum absolute atomic E-state index is 11.8. The quantitative estimate of drug-likeness (QED) is 0.705. The number of H-pyrrole nitrogens is 1. The number of carboxylic acid groups (broad SMARTS) is 1. The molecule has 3 N–H and O–H groups in total. The van der Waals surface area contributed by atoms with E-state index in [1.807, 2.05) is 24.3 Å². The van der Waals surface area contributed by atoms with Crippen molar-refractivity contribution < 1.29 is 19.4 Å². The van der Waals surface area contributed by atoms with Crippen molar-refractivity contribution in [1.29, 1.82) is 0 Å². The minimum absolute atomic E-state index is 0.0727. The Balaban J connectivity index is 1.96. The van der Waals surface area contributed by atoms with Gasteiger partial charge in [0.15, 0.2) is 6.10 Å². The maximum Gasteiger partial charge on any atom is 0.334 e. The fourth-order valence-corrected chi connectivity index (χ4v) is 1.85. The van der Waals surface area contributed by atoms with E-state index in [-0.39, 0.29) is 18.9 Å². The molecule has 20 heavy (non-hydrogen) atoms. The molecule has 1 atom stereocenters. The molecule has 0 saturated heterocycles. The van der Waals surface area contributed by atoms with E-state index in [4.69, 9.17) is 9.84 Å². The van der Waals surface area contributed by atoms with Gasteiger partial charge in [-0.2, -0.15) is 5.10 Å². The van der Waals surface area contributed by atoms with Gasteiger partial charge in [-0.1, -0.05) is 18.2 Å². The lowest BCUT2D eigenvalue weighted by Crippen LogP contribution is -2.38. The molecule has 2 rings (SSSR count). The van der Waals surface area contributed by atoms with Crippen LogP contribution in [0.15, 0.2) is 24.3 Å². The van der Waals surface area contributed by atoms with E-state index >= 15 is 0 Å². The highest BCUT2D eigenvalue weighted by Crippen LogP contribution is 2.15. The zero-order chi connectivity index (χ0) is 14.5. The number of carbonyl (C=O) groups is 2. The van der Waals surface area contributed by atoms with Crippen molar-refractivity contribution in [1.82, 2.24) is 15.5 Å². The number of carboxylic acids is 1. The standard InChI is InChI=1S/C13H15N3O4/c1-20-11(13(18)19)7-14-12(17)6-10-8-4-2-3-5-9(8)15-16-10/h2-5,11H,6-7H2,1H3,(H,14,17)(H,15,16)(H,18,19). The molecule has 0 aliphatic rings. The number of aromatic amines is 1. The van der Waals surface area contributed by atoms with Crippen LogP contribution in [0.25, 0.3) is 10.9 Å². The normalized spacial score (nSPS) is 12.2. The summed E-state index contributed by atoms with van der Waals surface area (Å²) in [5.41, 5.74) is 1.48. The van der Waals surface area contributed by atoms with E-state index in [0.29, 0.717) is 5.69 Å². The second kappa shape index (κ2) is 6.16. The number of hydrogen-bond donors (Lipinski definition) is 3. The summed E-state index contributed by atoms with van der Waals surface area (Å²) in [4.78, 5) is 22.5. The van der Waals surface area contributed by atoms with Gasteiger partial charge in [-0.15, -0.1) is 0 Å². The lowest BCUT2D eigenvalue weighted by atomic mass is 10.1. The first-order chi connectivity index (χ1) is 9.61. The minimum Gasteiger partial charge on any atom is -0.479 e. The Morgan fingerprint density at radius 1 is 1.45 bits per heavy atom. The number of para-hydroxylation sites is 1. The van der Waals surface area contributed by atoms with Crippen LogP contribution < -0.4 is 5.32 Å². The Labute approximate surface area is 114 Å². The average molecular weight is 277 g/mol. The number of nitrogens with zero attached hydrogens (tertiary/aromatic N) is 1. The van der Waals surface area contributed by atoms with Gasteiger partial charge in [0.2, 0.25) is 5.91 Å². The van der Waals surface area contributed by atoms with Crippen LogP contribution in [-0.2, 0) is 20.7 Å². The number of ether oxygens (including phenoxy) is 1. The van der Waals surface area contributed by atoms with Gasteiger partial charge in [0, 0.05) is 12.5 Å². The SMILES string of the molecule is COC(CNC(=O)Cc1[nH]nc2ccccc12)C(=O)O. The third-order valence-corrected chi connectivity index (χ3v) is 2.92. The first kappa shape index (κ1) is 14.0. The summed E-state index contributed by atoms with van der Waals surface area (Å²) in [6.45, 7) is -0.0727. The second-order valence-corrected chi connectivity index (χ2v) is 4.26. The molecule has 0 saturated carbocycles. The molecule has 1 aromatic carbocycles. The lowest BCUT2D eigenvalue weighted by molar-refractivity contribution is -0.148. The summed E-state index contributed by atoms with van der Waals surface area (Å²) in [6.07, 6.45) is -0.936. The highest BCUT2D eigenvalue weighted by Gasteiger charge is 2.17. The Morgan fingerprint density at radius 2 is 2.20 bits per heavy atom. The first-order valence-electron chi connectivity index (χ1n) is 6.06. The lowest BCUT2D eigenvalue weighted by Gasteiger charge is -2.11. The van der Waals surface area contributed by atoms with Crippen molar-refractivity contribution >= 4 is 22.8 Å². The summed E-state index contributed by atoms with van der Waals surface area (Å²) in [6, 6.07) is 7.45. The van der Waals surface area contributed by atoms with Crippen LogP contribution in [-0.4, -0.2) is 46.9 Å². The molecule has 1 aromatic heterocycles. The van der Waals surface area contributed by atoms with E-state index in [0.717, 1.165) is 10.9 Å². The van der Waals surface area contributed by atoms with Gasteiger partial charge in [-0.05, 0) is 6.07 Å². The summed E-state index contributed by atoms with van der Waals surface area (Å²) in [7, 11) is 1.29. The van der Waals surface area contributed by atoms with Crippen LogP contribution in [0.5, 0.6) is 0 Å². The summed E-state index contributed by atoms with van der Waals surface area (Å²) in [5, 5.41) is 19.1. The van der Waals surface area contributed by atoms with Crippen molar-refractivity contribution in [3.8, 4) is 0 Å². The summed E-state index contributed by atoms with van der Waals surface area (Å²) < 4.78 is 4.73. The number of nitrogens with one attached hydrogen (secondary N) is 2. The number of carbonyl (C=O) groups excluding carboxylic acids is 1. The van der Waals surface area contributed by atoms with Gasteiger partial charge in [0.1, 0.15) is 0 Å². The minimum atomic E-state index is -1.11. The third-order valence-electron chi connectivity index (χ3n) is 2.92. The molecule has 7 heteroatoms. The molecule has 0 spiro atoms. The van der Waals surface area contributed by atoms with Crippen LogP contribution in [0.3, 0.4) is 0 Å². The molecule has 0 aliphatic carbocycles. The van der Waals surface area contributed by atoms with Gasteiger partial charge in [-0.3, -0.25) is 9.89 Å². The molecule has 1 amide bonds. The predicted octanol–water partition coefficient (Wildman–Crippen LogP) is 0.321. The van der Waals surface area contributed by atoms with E-state index < -0.39 is 12.1 Å². The molecular formula is C13H15N3O4. The van der Waals surface area contributed by atoms with E-state index in [1.54, 1.807) is 0 Å². The fraction of sp³-hybridized carbons (Fsp3) is 0.308. The van der Waals surface area contributed by atoms with Crippen molar-refractivity contribution in [3.63, 3.8) is 0 Å². The molecule has 0 bridgehead atoms. The topological polar surface area (TPSA) is 104 Å². The Hall–Kier alpha value is -2.41. The molecule has 0 fully saturated rings. The number of rotatable bonds is 6. The van der Waals surface area contributed by atoms with Crippen molar-refractivity contribution in [2.45, 2.75) is 12.5 Å². The van der Waals surface area contributed by atoms with Crippen LogP contribution >= 0.6 is 0 Å². The van der Waals surface area contributed by atoms with Gasteiger partial charge in [0.25, 0.3) is 0 Å². The third kappa shape index (κ3) is 3.12.